The van der Waals surface area contributed by atoms with Crippen LogP contribution in [-0.4, -0.2) is 5.91 Å². The third-order valence-corrected chi connectivity index (χ3v) is 5.70. The Kier molecular flexibility index (Phi) is 7.27. The molecule has 0 saturated heterocycles. The van der Waals surface area contributed by atoms with Crippen molar-refractivity contribution in [3.05, 3.63) is 103 Å². The van der Waals surface area contributed by atoms with Gasteiger partial charge in [0.1, 0.15) is 11.6 Å². The standard InChI is InChI=1S/C23H15Br2ClN2O/c24-19-9-8-15(10-16-4-1-2-7-22(16)25)17(12-19)11-18(14-27)23(29)28-21-6-3-5-20(26)13-21/h1-9,11-13H,10H2,(H,28,29)/b18-11+. The van der Waals surface area contributed by atoms with Crippen LogP contribution >= 0.6 is 43.5 Å². The first-order valence-electron chi connectivity index (χ1n) is 8.67. The van der Waals surface area contributed by atoms with Gasteiger partial charge >= 0.3 is 0 Å². The van der Waals surface area contributed by atoms with E-state index >= 15 is 0 Å². The molecule has 0 saturated carbocycles. The van der Waals surface area contributed by atoms with Gasteiger partial charge in [0.05, 0.1) is 0 Å². The molecule has 3 aromatic rings. The van der Waals surface area contributed by atoms with Crippen LogP contribution in [0.3, 0.4) is 0 Å². The van der Waals surface area contributed by atoms with E-state index in [0.29, 0.717) is 17.1 Å². The van der Waals surface area contributed by atoms with Crippen LogP contribution in [0, 0.1) is 11.3 Å². The van der Waals surface area contributed by atoms with Crippen LogP contribution in [0.1, 0.15) is 16.7 Å². The minimum absolute atomic E-state index is 0.0106. The Morgan fingerprint density at radius 2 is 1.83 bits per heavy atom. The van der Waals surface area contributed by atoms with Crippen molar-refractivity contribution < 1.29 is 4.79 Å². The molecular weight excluding hydrogens is 516 g/mol. The second kappa shape index (κ2) is 9.89. The normalized spacial score (nSPS) is 11.0. The number of rotatable bonds is 5. The molecule has 0 atom stereocenters. The number of hydrogen-bond acceptors (Lipinski definition) is 2. The molecule has 0 radical (unpaired) electrons. The second-order valence-corrected chi connectivity index (χ2v) is 8.45. The van der Waals surface area contributed by atoms with Crippen molar-refractivity contribution in [2.75, 3.05) is 5.32 Å². The van der Waals surface area contributed by atoms with Gasteiger partial charge in [0.25, 0.3) is 5.91 Å². The zero-order chi connectivity index (χ0) is 20.8. The maximum absolute atomic E-state index is 12.6. The molecule has 0 unspecified atom stereocenters. The molecule has 0 heterocycles. The van der Waals surface area contributed by atoms with Crippen LogP contribution in [0.2, 0.25) is 5.02 Å². The monoisotopic (exact) mass is 528 g/mol. The van der Waals surface area contributed by atoms with Gasteiger partial charge in [-0.2, -0.15) is 5.26 Å². The van der Waals surface area contributed by atoms with Crippen LogP contribution in [0.5, 0.6) is 0 Å². The number of carbonyl (C=O) groups excluding carboxylic acids is 1. The van der Waals surface area contributed by atoms with Gasteiger partial charge in [0.15, 0.2) is 0 Å². The Balaban J connectivity index is 1.92. The van der Waals surface area contributed by atoms with Crippen molar-refractivity contribution in [2.45, 2.75) is 6.42 Å². The highest BCUT2D eigenvalue weighted by atomic mass is 79.9. The van der Waals surface area contributed by atoms with Crippen LogP contribution < -0.4 is 5.32 Å². The summed E-state index contributed by atoms with van der Waals surface area (Å²) in [5, 5.41) is 12.8. The van der Waals surface area contributed by atoms with E-state index in [-0.39, 0.29) is 5.57 Å². The average molecular weight is 531 g/mol. The highest BCUT2D eigenvalue weighted by Crippen LogP contribution is 2.25. The molecule has 29 heavy (non-hydrogen) atoms. The zero-order valence-electron chi connectivity index (χ0n) is 15.1. The molecule has 3 rings (SSSR count). The first-order chi connectivity index (χ1) is 14.0. The molecule has 0 aromatic heterocycles. The summed E-state index contributed by atoms with van der Waals surface area (Å²) in [6.45, 7) is 0. The number of benzene rings is 3. The van der Waals surface area contributed by atoms with Gasteiger partial charge in [-0.15, -0.1) is 0 Å². The molecule has 0 spiro atoms. The van der Waals surface area contributed by atoms with Crippen molar-refractivity contribution in [3.63, 3.8) is 0 Å². The molecule has 6 heteroatoms. The minimum Gasteiger partial charge on any atom is -0.321 e. The van der Waals surface area contributed by atoms with E-state index in [0.717, 1.165) is 25.6 Å². The molecule has 0 aliphatic heterocycles. The SMILES string of the molecule is N#C/C(=C\c1cc(Br)ccc1Cc1ccccc1Br)C(=O)Nc1cccc(Cl)c1. The quantitative estimate of drug-likeness (QED) is 0.285. The average Bonchev–Trinajstić information content (AvgIpc) is 2.69. The summed E-state index contributed by atoms with van der Waals surface area (Å²) in [6, 6.07) is 22.6. The molecule has 3 nitrogen and oxygen atoms in total. The topological polar surface area (TPSA) is 52.9 Å². The van der Waals surface area contributed by atoms with Crippen LogP contribution in [0.15, 0.2) is 81.2 Å². The van der Waals surface area contributed by atoms with Gasteiger partial charge in [0.2, 0.25) is 0 Å². The largest absolute Gasteiger partial charge is 0.321 e. The lowest BCUT2D eigenvalue weighted by Gasteiger charge is -2.10. The zero-order valence-corrected chi connectivity index (χ0v) is 19.1. The van der Waals surface area contributed by atoms with Gasteiger partial charge in [-0.3, -0.25) is 4.79 Å². The minimum atomic E-state index is -0.485. The lowest BCUT2D eigenvalue weighted by molar-refractivity contribution is -0.112. The maximum atomic E-state index is 12.6. The number of halogens is 3. The maximum Gasteiger partial charge on any atom is 0.266 e. The van der Waals surface area contributed by atoms with Gasteiger partial charge in [-0.05, 0) is 65.6 Å². The van der Waals surface area contributed by atoms with E-state index < -0.39 is 5.91 Å². The van der Waals surface area contributed by atoms with Gasteiger partial charge in [0, 0.05) is 19.7 Å². The summed E-state index contributed by atoms with van der Waals surface area (Å²) in [5.74, 6) is -0.485. The van der Waals surface area contributed by atoms with Gasteiger partial charge in [-0.25, -0.2) is 0 Å². The number of amides is 1. The summed E-state index contributed by atoms with van der Waals surface area (Å²) < 4.78 is 1.88. The summed E-state index contributed by atoms with van der Waals surface area (Å²) in [5.41, 5.74) is 3.46. The van der Waals surface area contributed by atoms with Crippen LogP contribution in [0.4, 0.5) is 5.69 Å². The molecule has 0 fully saturated rings. The summed E-state index contributed by atoms with van der Waals surface area (Å²) >= 11 is 13.0. The van der Waals surface area contributed by atoms with Crippen molar-refractivity contribution >= 4 is 61.1 Å². The molecule has 3 aromatic carbocycles. The van der Waals surface area contributed by atoms with E-state index in [2.05, 4.69) is 37.2 Å². The first kappa shape index (κ1) is 21.3. The van der Waals surface area contributed by atoms with E-state index in [9.17, 15) is 10.1 Å². The fourth-order valence-corrected chi connectivity index (χ4v) is 3.77. The predicted octanol–water partition coefficient (Wildman–Crippen LogP) is 7.00. The Labute approximate surface area is 191 Å². The van der Waals surface area contributed by atoms with Crippen molar-refractivity contribution in [1.29, 1.82) is 5.26 Å². The number of hydrogen-bond donors (Lipinski definition) is 1. The Morgan fingerprint density at radius 1 is 1.03 bits per heavy atom. The molecule has 1 N–H and O–H groups in total. The third-order valence-electron chi connectivity index (χ3n) is 4.19. The lowest BCUT2D eigenvalue weighted by atomic mass is 9.98. The summed E-state index contributed by atoms with van der Waals surface area (Å²) in [7, 11) is 0. The van der Waals surface area contributed by atoms with Crippen LogP contribution in [0.25, 0.3) is 6.08 Å². The number of anilines is 1. The van der Waals surface area contributed by atoms with E-state index in [1.165, 1.54) is 0 Å². The molecule has 1 amide bonds. The molecular formula is C23H15Br2ClN2O. The molecule has 0 aliphatic rings. The second-order valence-electron chi connectivity index (χ2n) is 6.25. The van der Waals surface area contributed by atoms with E-state index in [1.54, 1.807) is 30.3 Å². The Morgan fingerprint density at radius 3 is 2.55 bits per heavy atom. The van der Waals surface area contributed by atoms with Crippen molar-refractivity contribution in [1.82, 2.24) is 0 Å². The van der Waals surface area contributed by atoms with Gasteiger partial charge < -0.3 is 5.32 Å². The number of nitriles is 1. The van der Waals surface area contributed by atoms with Crippen molar-refractivity contribution in [3.8, 4) is 6.07 Å². The predicted molar refractivity (Wildman–Crippen MR) is 125 cm³/mol. The third kappa shape index (κ3) is 5.80. The fraction of sp³-hybridized carbons (Fsp3) is 0.0435. The molecule has 0 bridgehead atoms. The van der Waals surface area contributed by atoms with Crippen LogP contribution in [-0.2, 0) is 11.2 Å². The first-order valence-corrected chi connectivity index (χ1v) is 10.6. The number of nitrogens with zero attached hydrogens (tertiary/aromatic N) is 1. The lowest BCUT2D eigenvalue weighted by Crippen LogP contribution is -2.13. The number of carbonyl (C=O) groups is 1. The highest BCUT2D eigenvalue weighted by molar-refractivity contribution is 9.10. The molecule has 144 valence electrons. The van der Waals surface area contributed by atoms with Gasteiger partial charge in [-0.1, -0.05) is 73.8 Å². The van der Waals surface area contributed by atoms with Crippen molar-refractivity contribution in [2.24, 2.45) is 0 Å². The fourth-order valence-electron chi connectivity index (χ4n) is 2.78. The summed E-state index contributed by atoms with van der Waals surface area (Å²) in [4.78, 5) is 12.6. The van der Waals surface area contributed by atoms with E-state index in [1.807, 2.05) is 48.5 Å². The Hall–Kier alpha value is -2.39. The smallest absolute Gasteiger partial charge is 0.266 e. The van der Waals surface area contributed by atoms with E-state index in [4.69, 9.17) is 11.6 Å². The highest BCUT2D eigenvalue weighted by Gasteiger charge is 2.12. The summed E-state index contributed by atoms with van der Waals surface area (Å²) in [6.07, 6.45) is 2.27. The number of nitrogens with one attached hydrogen (secondary N) is 1. The molecule has 0 aliphatic carbocycles. The Bertz CT molecular complexity index is 1140.